The normalized spacial score (nSPS) is 22.3. The zero-order valence-corrected chi connectivity index (χ0v) is 24.1. The van der Waals surface area contributed by atoms with Crippen molar-refractivity contribution in [2.45, 2.75) is 56.9 Å². The highest BCUT2D eigenvalue weighted by molar-refractivity contribution is 7.22. The molecule has 2 saturated carbocycles. The number of fused-ring (bicyclic) bond motifs is 2. The van der Waals surface area contributed by atoms with Crippen LogP contribution in [0.25, 0.3) is 21.5 Å². The molecule has 7 rings (SSSR count). The minimum atomic E-state index is -4.52. The van der Waals surface area contributed by atoms with Gasteiger partial charge in [-0.15, -0.1) is 0 Å². The van der Waals surface area contributed by atoms with Crippen molar-refractivity contribution in [3.05, 3.63) is 64.7 Å². The minimum Gasteiger partial charge on any atom is -0.465 e. The molecule has 3 fully saturated rings. The van der Waals surface area contributed by atoms with E-state index in [9.17, 15) is 22.4 Å². The third kappa shape index (κ3) is 5.39. The number of ether oxygens (including phenoxy) is 2. The molecule has 2 aromatic heterocycles. The number of methoxy groups -OCH3 is 1. The van der Waals surface area contributed by atoms with Crippen LogP contribution in [-0.4, -0.2) is 42.4 Å². The van der Waals surface area contributed by atoms with Crippen LogP contribution in [-0.2, 0) is 22.3 Å². The second kappa shape index (κ2) is 10.9. The monoisotopic (exact) mass is 615 g/mol. The quantitative estimate of drug-likeness (QED) is 0.157. The summed E-state index contributed by atoms with van der Waals surface area (Å²) in [7, 11) is 1.26. The maximum Gasteiger partial charge on any atom is 0.417 e. The first-order valence-corrected chi connectivity index (χ1v) is 15.2. The molecule has 226 valence electrons. The van der Waals surface area contributed by atoms with Crippen LogP contribution >= 0.6 is 11.3 Å². The Bertz CT molecular complexity index is 1680. The van der Waals surface area contributed by atoms with Crippen LogP contribution in [0.2, 0.25) is 0 Å². The van der Waals surface area contributed by atoms with E-state index in [-0.39, 0.29) is 41.0 Å². The van der Waals surface area contributed by atoms with E-state index in [4.69, 9.17) is 14.0 Å². The Balaban J connectivity index is 1.06. The number of anilines is 1. The van der Waals surface area contributed by atoms with E-state index in [1.807, 2.05) is 0 Å². The lowest BCUT2D eigenvalue weighted by Crippen LogP contribution is -2.28. The topological polar surface area (TPSA) is 77.7 Å². The van der Waals surface area contributed by atoms with Crippen molar-refractivity contribution in [3.63, 3.8) is 0 Å². The van der Waals surface area contributed by atoms with Crippen LogP contribution in [0.3, 0.4) is 0 Å². The molecule has 4 aromatic rings. The first-order chi connectivity index (χ1) is 20.7. The number of nitrogens with zero attached hydrogens (tertiary/aromatic N) is 3. The third-order valence-electron chi connectivity index (χ3n) is 8.85. The van der Waals surface area contributed by atoms with E-state index in [1.165, 1.54) is 30.6 Å². The highest BCUT2D eigenvalue weighted by atomic mass is 32.1. The van der Waals surface area contributed by atoms with Crippen LogP contribution in [0.4, 0.5) is 22.7 Å². The van der Waals surface area contributed by atoms with Gasteiger partial charge in [-0.05, 0) is 62.1 Å². The Labute approximate surface area is 248 Å². The maximum absolute atomic E-state index is 14.7. The Morgan fingerprint density at radius 1 is 1.12 bits per heavy atom. The molecular weight excluding hydrogens is 586 g/mol. The van der Waals surface area contributed by atoms with E-state index in [2.05, 4.69) is 15.0 Å². The molecule has 3 atom stereocenters. The molecular formula is C31H29F4N3O4S. The van der Waals surface area contributed by atoms with E-state index in [0.717, 1.165) is 57.3 Å². The standard InChI is InChI=1S/C31H29F4N3O4S/c1-40-29(39)18-11-24(32)27-25(12-18)43-30(36-27)38-13-17-8-9-20(10-19(17)14-38)41-15-22-26(37-42-28(22)16-6-7-16)21-4-2-3-5-23(21)31(33,34)35/h2-5,11-12,16-17,19-20H,6-10,13-15H2,1H3/t17-,19-,20+/m0/s1. The van der Waals surface area contributed by atoms with Crippen LogP contribution in [0.5, 0.6) is 0 Å². The maximum atomic E-state index is 14.7. The van der Waals surface area contributed by atoms with Gasteiger partial charge < -0.3 is 18.9 Å². The summed E-state index contributed by atoms with van der Waals surface area (Å²) in [6.07, 6.45) is -0.129. The number of hydrogen-bond acceptors (Lipinski definition) is 8. The third-order valence-corrected chi connectivity index (χ3v) is 9.91. The summed E-state index contributed by atoms with van der Waals surface area (Å²) in [5.41, 5.74) is 0.471. The predicted octanol–water partition coefficient (Wildman–Crippen LogP) is 7.59. The number of carbonyl (C=O) groups is 1. The molecule has 3 aliphatic rings. The van der Waals surface area contributed by atoms with Gasteiger partial charge in [-0.1, -0.05) is 34.7 Å². The number of aromatic nitrogens is 2. The summed E-state index contributed by atoms with van der Waals surface area (Å²) in [5.74, 6) is 0.430. The second-order valence-electron chi connectivity index (χ2n) is 11.7. The fourth-order valence-electron chi connectivity index (χ4n) is 6.52. The van der Waals surface area contributed by atoms with Gasteiger partial charge in [0.25, 0.3) is 0 Å². The molecule has 43 heavy (non-hydrogen) atoms. The molecule has 0 bridgehead atoms. The van der Waals surface area contributed by atoms with E-state index < -0.39 is 23.5 Å². The molecule has 1 aliphatic heterocycles. The van der Waals surface area contributed by atoms with Crippen LogP contribution < -0.4 is 4.90 Å². The van der Waals surface area contributed by atoms with Gasteiger partial charge in [-0.25, -0.2) is 14.2 Å². The van der Waals surface area contributed by atoms with Crippen molar-refractivity contribution in [3.8, 4) is 11.3 Å². The van der Waals surface area contributed by atoms with Gasteiger partial charge in [0, 0.05) is 30.1 Å². The molecule has 2 aliphatic carbocycles. The summed E-state index contributed by atoms with van der Waals surface area (Å²) in [6.45, 7) is 1.70. The fourth-order valence-corrected chi connectivity index (χ4v) is 7.56. The Morgan fingerprint density at radius 3 is 2.67 bits per heavy atom. The van der Waals surface area contributed by atoms with Crippen LogP contribution in [0.1, 0.15) is 65.3 Å². The van der Waals surface area contributed by atoms with Gasteiger partial charge in [0.05, 0.1) is 35.6 Å². The van der Waals surface area contributed by atoms with Crippen LogP contribution in [0, 0.1) is 17.7 Å². The van der Waals surface area contributed by atoms with Gasteiger partial charge >= 0.3 is 12.1 Å². The molecule has 0 radical (unpaired) electrons. The number of halogens is 4. The lowest BCUT2D eigenvalue weighted by molar-refractivity contribution is -0.137. The number of thiazole rings is 1. The largest absolute Gasteiger partial charge is 0.465 e. The van der Waals surface area contributed by atoms with Gasteiger partial charge in [0.15, 0.2) is 10.9 Å². The van der Waals surface area contributed by atoms with Gasteiger partial charge in [-0.3, -0.25) is 0 Å². The summed E-state index contributed by atoms with van der Waals surface area (Å²) in [5, 5.41) is 4.82. The van der Waals surface area contributed by atoms with Crippen LogP contribution in [0.15, 0.2) is 40.9 Å². The predicted molar refractivity (Wildman–Crippen MR) is 151 cm³/mol. The van der Waals surface area contributed by atoms with Gasteiger partial charge in [0.1, 0.15) is 17.0 Å². The molecule has 7 nitrogen and oxygen atoms in total. The number of rotatable bonds is 7. The molecule has 0 amide bonds. The number of hydrogen-bond donors (Lipinski definition) is 0. The van der Waals surface area contributed by atoms with Gasteiger partial charge in [0.2, 0.25) is 0 Å². The molecule has 0 spiro atoms. The SMILES string of the molecule is COC(=O)c1cc(F)c2nc(N3C[C@@H]4CC[C@@H](OCc5c(-c6ccccc6C(F)(F)F)noc5C5CC5)C[C@H]4C3)sc2c1. The first kappa shape index (κ1) is 28.3. The lowest BCUT2D eigenvalue weighted by atomic mass is 9.80. The molecule has 2 aromatic carbocycles. The van der Waals surface area contributed by atoms with E-state index >= 15 is 0 Å². The highest BCUT2D eigenvalue weighted by Gasteiger charge is 2.41. The fraction of sp³-hybridized carbons (Fsp3) is 0.452. The number of benzene rings is 2. The van der Waals surface area contributed by atoms with Crippen molar-refractivity contribution in [1.29, 1.82) is 0 Å². The second-order valence-corrected chi connectivity index (χ2v) is 12.7. The Morgan fingerprint density at radius 2 is 1.91 bits per heavy atom. The number of esters is 1. The summed E-state index contributed by atoms with van der Waals surface area (Å²) < 4.78 is 73.5. The lowest BCUT2D eigenvalue weighted by Gasteiger charge is -2.30. The average molecular weight is 616 g/mol. The van der Waals surface area contributed by atoms with Crippen molar-refractivity contribution in [1.82, 2.24) is 10.1 Å². The van der Waals surface area contributed by atoms with Crippen molar-refractivity contribution in [2.24, 2.45) is 11.8 Å². The van der Waals surface area contributed by atoms with E-state index in [1.54, 1.807) is 12.1 Å². The van der Waals surface area contributed by atoms with E-state index in [0.29, 0.717) is 33.0 Å². The number of carbonyl (C=O) groups excluding carboxylic acids is 1. The summed E-state index contributed by atoms with van der Waals surface area (Å²) in [6, 6.07) is 8.21. The van der Waals surface area contributed by atoms with Crippen molar-refractivity contribution in [2.75, 3.05) is 25.1 Å². The molecule has 3 heterocycles. The molecule has 0 N–H and O–H groups in total. The Kier molecular flexibility index (Phi) is 7.16. The van der Waals surface area contributed by atoms with Gasteiger partial charge in [-0.2, -0.15) is 13.2 Å². The average Bonchev–Trinajstić information content (AvgIpc) is 3.39. The highest BCUT2D eigenvalue weighted by Crippen LogP contribution is 2.47. The minimum absolute atomic E-state index is 0.00497. The number of alkyl halides is 3. The zero-order valence-electron chi connectivity index (χ0n) is 23.3. The first-order valence-electron chi connectivity index (χ1n) is 14.4. The smallest absolute Gasteiger partial charge is 0.417 e. The molecule has 0 unspecified atom stereocenters. The molecule has 1 saturated heterocycles. The Hall–Kier alpha value is -3.51. The zero-order chi connectivity index (χ0) is 29.9. The summed E-state index contributed by atoms with van der Waals surface area (Å²) in [4.78, 5) is 18.7. The van der Waals surface area contributed by atoms with Crippen molar-refractivity contribution >= 4 is 32.7 Å². The van der Waals surface area contributed by atoms with Crippen molar-refractivity contribution < 1.29 is 36.4 Å². The summed E-state index contributed by atoms with van der Waals surface area (Å²) >= 11 is 1.36. The molecule has 12 heteroatoms.